The Labute approximate surface area is 142 Å². The maximum Gasteiger partial charge on any atom is 0.320 e. The highest BCUT2D eigenvalue weighted by Gasteiger charge is 2.31. The minimum Gasteiger partial charge on any atom is -0.306 e. The molecular weight excluding hydrogens is 310 g/mol. The molecule has 2 heterocycles. The number of nitrogens with zero attached hydrogens (tertiary/aromatic N) is 4. The summed E-state index contributed by atoms with van der Waals surface area (Å²) in [6.07, 6.45) is 1.11. The van der Waals surface area contributed by atoms with Crippen molar-refractivity contribution in [1.82, 2.24) is 19.4 Å². The number of alkyl halides is 2. The Balaban J connectivity index is 1.82. The maximum atomic E-state index is 13.6. The number of benzene rings is 1. The van der Waals surface area contributed by atoms with Crippen LogP contribution in [0.2, 0.25) is 0 Å². The van der Waals surface area contributed by atoms with E-state index in [2.05, 4.69) is 28.8 Å². The second-order valence-electron chi connectivity index (χ2n) is 6.79. The Morgan fingerprint density at radius 1 is 1.33 bits per heavy atom. The van der Waals surface area contributed by atoms with Crippen molar-refractivity contribution in [3.05, 3.63) is 30.1 Å². The Hall–Kier alpha value is -1.53. The third kappa shape index (κ3) is 3.30. The van der Waals surface area contributed by atoms with Crippen LogP contribution in [0.15, 0.2) is 24.3 Å². The second-order valence-corrected chi connectivity index (χ2v) is 6.79. The topological polar surface area (TPSA) is 24.3 Å². The van der Waals surface area contributed by atoms with Gasteiger partial charge in [0, 0.05) is 13.1 Å². The van der Waals surface area contributed by atoms with E-state index in [1.54, 1.807) is 18.2 Å². The minimum absolute atomic E-state index is 0.108. The van der Waals surface area contributed by atoms with Crippen LogP contribution in [0.1, 0.15) is 38.7 Å². The fourth-order valence-corrected chi connectivity index (χ4v) is 3.66. The summed E-state index contributed by atoms with van der Waals surface area (Å²) in [5, 5.41) is 0. The molecule has 0 spiro atoms. The van der Waals surface area contributed by atoms with Crippen molar-refractivity contribution in [2.75, 3.05) is 33.2 Å². The third-order valence-corrected chi connectivity index (χ3v) is 5.17. The summed E-state index contributed by atoms with van der Waals surface area (Å²) in [7, 11) is 2.13. The van der Waals surface area contributed by atoms with Crippen molar-refractivity contribution in [1.29, 1.82) is 0 Å². The first-order valence-electron chi connectivity index (χ1n) is 8.68. The smallest absolute Gasteiger partial charge is 0.306 e. The number of aromatic nitrogens is 2. The number of hydrogen-bond donors (Lipinski definition) is 0. The summed E-state index contributed by atoms with van der Waals surface area (Å²) in [5.74, 6) is 1.07. The first-order valence-corrected chi connectivity index (χ1v) is 8.68. The highest BCUT2D eigenvalue weighted by molar-refractivity contribution is 5.76. The molecule has 0 aliphatic carbocycles. The van der Waals surface area contributed by atoms with Crippen LogP contribution in [0.5, 0.6) is 0 Å². The lowest BCUT2D eigenvalue weighted by Crippen LogP contribution is -2.30. The van der Waals surface area contributed by atoms with E-state index in [0.717, 1.165) is 37.2 Å². The second kappa shape index (κ2) is 7.15. The predicted octanol–water partition coefficient (Wildman–Crippen LogP) is 3.77. The molecule has 0 unspecified atom stereocenters. The molecule has 0 bridgehead atoms. The van der Waals surface area contributed by atoms with E-state index < -0.39 is 6.55 Å². The molecule has 0 radical (unpaired) electrons. The van der Waals surface area contributed by atoms with Crippen molar-refractivity contribution in [2.24, 2.45) is 5.92 Å². The fraction of sp³-hybridized carbons (Fsp3) is 0.611. The van der Waals surface area contributed by atoms with Gasteiger partial charge in [-0.3, -0.25) is 9.47 Å². The van der Waals surface area contributed by atoms with Gasteiger partial charge in [0.25, 0.3) is 0 Å². The monoisotopic (exact) mass is 336 g/mol. The molecule has 1 fully saturated rings. The quantitative estimate of drug-likeness (QED) is 0.803. The number of fused-ring (bicyclic) bond motifs is 1. The molecule has 24 heavy (non-hydrogen) atoms. The van der Waals surface area contributed by atoms with Crippen LogP contribution in [0.25, 0.3) is 11.0 Å². The molecule has 1 aromatic heterocycles. The molecule has 4 nitrogen and oxygen atoms in total. The van der Waals surface area contributed by atoms with Gasteiger partial charge in [-0.1, -0.05) is 19.1 Å². The minimum atomic E-state index is -2.57. The van der Waals surface area contributed by atoms with Crippen LogP contribution in [-0.4, -0.2) is 52.6 Å². The Morgan fingerprint density at radius 2 is 2.08 bits per heavy atom. The number of hydrogen-bond acceptors (Lipinski definition) is 3. The van der Waals surface area contributed by atoms with Gasteiger partial charge in [0.05, 0.1) is 17.1 Å². The van der Waals surface area contributed by atoms with Crippen LogP contribution in [0.3, 0.4) is 0 Å². The van der Waals surface area contributed by atoms with Gasteiger partial charge in [0.2, 0.25) is 0 Å². The third-order valence-electron chi connectivity index (χ3n) is 5.17. The van der Waals surface area contributed by atoms with Gasteiger partial charge >= 0.3 is 6.55 Å². The van der Waals surface area contributed by atoms with Crippen molar-refractivity contribution in [3.8, 4) is 0 Å². The largest absolute Gasteiger partial charge is 0.320 e. The van der Waals surface area contributed by atoms with Gasteiger partial charge in [-0.15, -0.1) is 0 Å². The molecule has 1 saturated heterocycles. The zero-order chi connectivity index (χ0) is 17.3. The lowest BCUT2D eigenvalue weighted by molar-refractivity contribution is 0.0657. The van der Waals surface area contributed by atoms with Gasteiger partial charge < -0.3 is 4.90 Å². The van der Waals surface area contributed by atoms with Crippen LogP contribution >= 0.6 is 0 Å². The van der Waals surface area contributed by atoms with Crippen molar-refractivity contribution >= 4 is 11.0 Å². The number of rotatable bonds is 6. The van der Waals surface area contributed by atoms with Crippen molar-refractivity contribution in [3.63, 3.8) is 0 Å². The van der Waals surface area contributed by atoms with Gasteiger partial charge in [-0.05, 0) is 51.5 Å². The standard InChI is InChI=1S/C18H26F2N4/c1-4-22(3)11-14-9-10-23(12-14)13(2)17-21-15-7-5-6-8-16(15)24(17)18(19)20/h5-8,13-14,18H,4,9-12H2,1-3H3/t13-,14+/m0/s1. The summed E-state index contributed by atoms with van der Waals surface area (Å²) >= 11 is 0. The summed E-state index contributed by atoms with van der Waals surface area (Å²) < 4.78 is 28.3. The maximum absolute atomic E-state index is 13.6. The Morgan fingerprint density at radius 3 is 2.79 bits per heavy atom. The SMILES string of the molecule is CCN(C)C[C@H]1CCN([C@@H](C)c2nc3ccccc3n2C(F)F)C1. The lowest BCUT2D eigenvalue weighted by atomic mass is 10.1. The van der Waals surface area contributed by atoms with Crippen LogP contribution in [-0.2, 0) is 0 Å². The number of likely N-dealkylation sites (tertiary alicyclic amines) is 1. The first kappa shape index (κ1) is 17.3. The molecule has 0 amide bonds. The van der Waals surface area contributed by atoms with E-state index in [1.807, 2.05) is 13.0 Å². The van der Waals surface area contributed by atoms with Crippen LogP contribution < -0.4 is 0 Å². The molecule has 1 aliphatic rings. The average molecular weight is 336 g/mol. The summed E-state index contributed by atoms with van der Waals surface area (Å²) in [6.45, 7) is 5.55. The normalized spacial score (nSPS) is 20.5. The highest BCUT2D eigenvalue weighted by Crippen LogP contribution is 2.32. The Bertz CT molecular complexity index is 685. The molecule has 3 rings (SSSR count). The zero-order valence-electron chi connectivity index (χ0n) is 14.6. The first-order chi connectivity index (χ1) is 11.5. The van der Waals surface area contributed by atoms with Crippen molar-refractivity contribution < 1.29 is 8.78 Å². The van der Waals surface area contributed by atoms with Gasteiger partial charge in [-0.2, -0.15) is 8.78 Å². The average Bonchev–Trinajstić information content (AvgIpc) is 3.18. The molecule has 2 atom stereocenters. The van der Waals surface area contributed by atoms with E-state index in [-0.39, 0.29) is 6.04 Å². The van der Waals surface area contributed by atoms with E-state index in [1.165, 1.54) is 0 Å². The summed E-state index contributed by atoms with van der Waals surface area (Å²) in [4.78, 5) is 9.11. The van der Waals surface area contributed by atoms with Gasteiger partial charge in [-0.25, -0.2) is 4.98 Å². The number of imidazole rings is 1. The van der Waals surface area contributed by atoms with E-state index in [0.29, 0.717) is 22.8 Å². The molecule has 0 saturated carbocycles. The molecule has 1 aliphatic heterocycles. The van der Waals surface area contributed by atoms with E-state index >= 15 is 0 Å². The summed E-state index contributed by atoms with van der Waals surface area (Å²) in [5.41, 5.74) is 1.15. The van der Waals surface area contributed by atoms with Gasteiger partial charge in [0.1, 0.15) is 5.82 Å². The lowest BCUT2D eigenvalue weighted by Gasteiger charge is -2.25. The fourth-order valence-electron chi connectivity index (χ4n) is 3.66. The summed E-state index contributed by atoms with van der Waals surface area (Å²) in [6, 6.07) is 7.03. The predicted molar refractivity (Wildman–Crippen MR) is 92.3 cm³/mol. The van der Waals surface area contributed by atoms with E-state index in [4.69, 9.17) is 0 Å². The molecule has 6 heteroatoms. The highest BCUT2D eigenvalue weighted by atomic mass is 19.3. The molecular formula is C18H26F2N4. The number of para-hydroxylation sites is 2. The molecule has 2 aromatic rings. The van der Waals surface area contributed by atoms with Crippen LogP contribution in [0.4, 0.5) is 8.78 Å². The molecule has 132 valence electrons. The zero-order valence-corrected chi connectivity index (χ0v) is 14.6. The number of halogens is 2. The Kier molecular flexibility index (Phi) is 5.15. The van der Waals surface area contributed by atoms with Gasteiger partial charge in [0.15, 0.2) is 0 Å². The molecule has 0 N–H and O–H groups in total. The van der Waals surface area contributed by atoms with E-state index in [9.17, 15) is 8.78 Å². The molecule has 1 aromatic carbocycles. The van der Waals surface area contributed by atoms with Crippen molar-refractivity contribution in [2.45, 2.75) is 32.9 Å². The van der Waals surface area contributed by atoms with Crippen LogP contribution in [0, 0.1) is 5.92 Å².